The van der Waals surface area contributed by atoms with E-state index >= 15 is 0 Å². The second-order valence-corrected chi connectivity index (χ2v) is 9.36. The van der Waals surface area contributed by atoms with Crippen LogP contribution < -0.4 is 15.6 Å². The second-order valence-electron chi connectivity index (χ2n) is 7.68. The third-order valence-corrected chi connectivity index (χ3v) is 6.74. The van der Waals surface area contributed by atoms with Crippen LogP contribution in [0.3, 0.4) is 0 Å². The van der Waals surface area contributed by atoms with E-state index in [4.69, 9.17) is 22.1 Å². The fourth-order valence-corrected chi connectivity index (χ4v) is 4.78. The molecule has 1 fully saturated rings. The summed E-state index contributed by atoms with van der Waals surface area (Å²) in [4.78, 5) is 33.1. The van der Waals surface area contributed by atoms with Gasteiger partial charge in [0.1, 0.15) is 21.5 Å². The van der Waals surface area contributed by atoms with Crippen LogP contribution in [0.2, 0.25) is 0 Å². The number of nitrogens with one attached hydrogen (secondary N) is 1. The Bertz CT molecular complexity index is 1340. The third kappa shape index (κ3) is 4.84. The van der Waals surface area contributed by atoms with Crippen molar-refractivity contribution in [3.63, 3.8) is 0 Å². The highest BCUT2D eigenvalue weighted by Crippen LogP contribution is 2.34. The first kappa shape index (κ1) is 23.9. The molecule has 0 saturated carbocycles. The molecule has 10 heteroatoms. The summed E-state index contributed by atoms with van der Waals surface area (Å²) in [5.41, 5.74) is 2.27. The number of aliphatic hydroxyl groups is 1. The van der Waals surface area contributed by atoms with E-state index < -0.39 is 0 Å². The molecule has 0 unspecified atom stereocenters. The van der Waals surface area contributed by atoms with Crippen LogP contribution in [0.4, 0.5) is 5.82 Å². The Labute approximate surface area is 206 Å². The minimum atomic E-state index is -0.291. The molecule has 3 aromatic rings. The average Bonchev–Trinajstić information content (AvgIpc) is 3.10. The standard InChI is InChI=1S/C24H24N4O4S2/c1-15-5-3-11-27-21(15)26-20(25-10-4-12-29)18(22(27)30)13-19-23(31)28(24(33)34-19)14-16-6-8-17(32-2)9-7-16/h3,5-9,11,13,25,29H,4,10,12,14H2,1-2H3. The van der Waals surface area contributed by atoms with Gasteiger partial charge in [0.15, 0.2) is 0 Å². The van der Waals surface area contributed by atoms with Crippen molar-refractivity contribution < 1.29 is 14.6 Å². The second kappa shape index (κ2) is 10.4. The van der Waals surface area contributed by atoms with Gasteiger partial charge in [0, 0.05) is 19.3 Å². The van der Waals surface area contributed by atoms with E-state index in [1.165, 1.54) is 9.30 Å². The van der Waals surface area contributed by atoms with Crippen LogP contribution in [0.25, 0.3) is 11.7 Å². The van der Waals surface area contributed by atoms with E-state index in [0.717, 1.165) is 28.6 Å². The van der Waals surface area contributed by atoms with Crippen LogP contribution in [-0.4, -0.2) is 49.9 Å². The molecule has 1 amide bonds. The lowest BCUT2D eigenvalue weighted by molar-refractivity contribution is -0.122. The van der Waals surface area contributed by atoms with Gasteiger partial charge in [0.25, 0.3) is 11.5 Å². The first-order chi connectivity index (χ1) is 16.4. The van der Waals surface area contributed by atoms with E-state index in [1.54, 1.807) is 25.4 Å². The smallest absolute Gasteiger partial charge is 0.267 e. The van der Waals surface area contributed by atoms with Crippen molar-refractivity contribution in [1.29, 1.82) is 0 Å². The number of aliphatic hydroxyl groups excluding tert-OH is 1. The molecule has 1 aliphatic heterocycles. The molecular weight excluding hydrogens is 472 g/mol. The van der Waals surface area contributed by atoms with E-state index in [2.05, 4.69) is 10.3 Å². The van der Waals surface area contributed by atoms with E-state index in [1.807, 2.05) is 37.3 Å². The molecule has 34 heavy (non-hydrogen) atoms. The number of thiocarbonyl (C=S) groups is 1. The predicted octanol–water partition coefficient (Wildman–Crippen LogP) is 3.21. The molecule has 1 aromatic carbocycles. The number of carbonyl (C=O) groups is 1. The normalized spacial score (nSPS) is 14.9. The van der Waals surface area contributed by atoms with Gasteiger partial charge in [0.2, 0.25) is 0 Å². The highest BCUT2D eigenvalue weighted by molar-refractivity contribution is 8.26. The fourth-order valence-electron chi connectivity index (χ4n) is 3.54. The van der Waals surface area contributed by atoms with Crippen LogP contribution >= 0.6 is 24.0 Å². The Kier molecular flexibility index (Phi) is 7.30. The topological polar surface area (TPSA) is 96.2 Å². The van der Waals surface area contributed by atoms with Crippen molar-refractivity contribution in [1.82, 2.24) is 14.3 Å². The number of carbonyl (C=O) groups excluding carboxylic acids is 1. The number of hydrogen-bond donors (Lipinski definition) is 2. The molecule has 0 radical (unpaired) electrons. The lowest BCUT2D eigenvalue weighted by atomic mass is 10.2. The lowest BCUT2D eigenvalue weighted by Gasteiger charge is -2.15. The number of fused-ring (bicyclic) bond motifs is 1. The number of hydrogen-bond acceptors (Lipinski definition) is 8. The minimum Gasteiger partial charge on any atom is -0.497 e. The summed E-state index contributed by atoms with van der Waals surface area (Å²) in [7, 11) is 1.60. The zero-order chi connectivity index (χ0) is 24.2. The summed E-state index contributed by atoms with van der Waals surface area (Å²) in [6.45, 7) is 2.65. The predicted molar refractivity (Wildman–Crippen MR) is 138 cm³/mol. The summed E-state index contributed by atoms with van der Waals surface area (Å²) in [5, 5.41) is 12.3. The van der Waals surface area contributed by atoms with Gasteiger partial charge < -0.3 is 15.2 Å². The molecule has 8 nitrogen and oxygen atoms in total. The van der Waals surface area contributed by atoms with Gasteiger partial charge in [-0.05, 0) is 48.7 Å². The number of thioether (sulfide) groups is 1. The molecule has 1 saturated heterocycles. The van der Waals surface area contributed by atoms with Crippen molar-refractivity contribution in [3.8, 4) is 5.75 Å². The molecule has 4 rings (SSSR count). The minimum absolute atomic E-state index is 0.0118. The number of amides is 1. The van der Waals surface area contributed by atoms with Crippen LogP contribution in [0.15, 0.2) is 52.3 Å². The van der Waals surface area contributed by atoms with Gasteiger partial charge in [-0.15, -0.1) is 0 Å². The van der Waals surface area contributed by atoms with Gasteiger partial charge >= 0.3 is 0 Å². The van der Waals surface area contributed by atoms with Gasteiger partial charge in [-0.25, -0.2) is 4.98 Å². The maximum atomic E-state index is 13.4. The molecule has 0 bridgehead atoms. The number of ether oxygens (including phenoxy) is 1. The summed E-state index contributed by atoms with van der Waals surface area (Å²) >= 11 is 6.62. The summed E-state index contributed by atoms with van der Waals surface area (Å²) in [6, 6.07) is 11.1. The molecule has 176 valence electrons. The summed E-state index contributed by atoms with van der Waals surface area (Å²) in [5.74, 6) is 0.837. The Hall–Kier alpha value is -3.21. The summed E-state index contributed by atoms with van der Waals surface area (Å²) in [6.07, 6.45) is 3.71. The first-order valence-corrected chi connectivity index (χ1v) is 11.9. The number of methoxy groups -OCH3 is 1. The van der Waals surface area contributed by atoms with Crippen molar-refractivity contribution in [3.05, 3.63) is 74.5 Å². The maximum absolute atomic E-state index is 13.4. The number of aryl methyl sites for hydroxylation is 1. The van der Waals surface area contributed by atoms with Crippen LogP contribution in [0, 0.1) is 6.92 Å². The molecule has 2 N–H and O–H groups in total. The van der Waals surface area contributed by atoms with Crippen LogP contribution in [0.5, 0.6) is 5.75 Å². The van der Waals surface area contributed by atoms with Crippen molar-refractivity contribution in [2.75, 3.05) is 25.6 Å². The van der Waals surface area contributed by atoms with Crippen LogP contribution in [-0.2, 0) is 11.3 Å². The van der Waals surface area contributed by atoms with Gasteiger partial charge in [-0.2, -0.15) is 0 Å². The molecule has 1 aliphatic rings. The fraction of sp³-hybridized carbons (Fsp3) is 0.250. The molecule has 0 aliphatic carbocycles. The van der Waals surface area contributed by atoms with Crippen molar-refractivity contribution >= 4 is 51.7 Å². The maximum Gasteiger partial charge on any atom is 0.267 e. The number of nitrogens with zero attached hydrogens (tertiary/aromatic N) is 3. The number of rotatable bonds is 8. The number of pyridine rings is 1. The zero-order valence-electron chi connectivity index (χ0n) is 18.8. The monoisotopic (exact) mass is 496 g/mol. The van der Waals surface area contributed by atoms with E-state index in [-0.39, 0.29) is 23.6 Å². The van der Waals surface area contributed by atoms with Crippen molar-refractivity contribution in [2.24, 2.45) is 0 Å². The SMILES string of the molecule is COc1ccc(CN2C(=O)C(=Cc3c(NCCCO)nc4c(C)cccn4c3=O)SC2=S)cc1. The number of aromatic nitrogens is 2. The largest absolute Gasteiger partial charge is 0.497 e. The molecule has 0 spiro atoms. The first-order valence-electron chi connectivity index (χ1n) is 10.7. The van der Waals surface area contributed by atoms with E-state index in [9.17, 15) is 9.59 Å². The Morgan fingerprint density at radius 3 is 2.71 bits per heavy atom. The van der Waals surface area contributed by atoms with Gasteiger partial charge in [0.05, 0.1) is 24.1 Å². The Balaban J connectivity index is 1.70. The Morgan fingerprint density at radius 1 is 1.24 bits per heavy atom. The van der Waals surface area contributed by atoms with Gasteiger partial charge in [-0.1, -0.05) is 42.2 Å². The number of benzene rings is 1. The molecule has 0 atom stereocenters. The number of anilines is 1. The Morgan fingerprint density at radius 2 is 2.00 bits per heavy atom. The van der Waals surface area contributed by atoms with Crippen molar-refractivity contribution in [2.45, 2.75) is 19.9 Å². The van der Waals surface area contributed by atoms with E-state index in [0.29, 0.717) is 40.2 Å². The van der Waals surface area contributed by atoms with Gasteiger partial charge in [-0.3, -0.25) is 18.9 Å². The highest BCUT2D eigenvalue weighted by atomic mass is 32.2. The lowest BCUT2D eigenvalue weighted by Crippen LogP contribution is -2.27. The highest BCUT2D eigenvalue weighted by Gasteiger charge is 2.32. The third-order valence-electron chi connectivity index (χ3n) is 5.36. The molecular formula is C24H24N4O4S2. The quantitative estimate of drug-likeness (QED) is 0.279. The summed E-state index contributed by atoms with van der Waals surface area (Å²) < 4.78 is 7.07. The molecule has 3 heterocycles. The van der Waals surface area contributed by atoms with Crippen LogP contribution in [0.1, 0.15) is 23.1 Å². The molecule has 2 aromatic heterocycles. The average molecular weight is 497 g/mol. The zero-order valence-corrected chi connectivity index (χ0v) is 20.4.